The van der Waals surface area contributed by atoms with Crippen molar-refractivity contribution in [1.29, 1.82) is 0 Å². The van der Waals surface area contributed by atoms with E-state index in [1.165, 1.54) is 23.1 Å². The second kappa shape index (κ2) is 6.30. The van der Waals surface area contributed by atoms with Crippen LogP contribution in [0.5, 0.6) is 0 Å². The quantitative estimate of drug-likeness (QED) is 0.789. The van der Waals surface area contributed by atoms with Gasteiger partial charge in [-0.15, -0.1) is 0 Å². The van der Waals surface area contributed by atoms with Gasteiger partial charge < -0.3 is 4.90 Å². The standard InChI is InChI=1S/C15H11BrF3NO/c1-2-20(10-4-6-13(18)14(19)8-10)15(21)11-7-9(16)3-5-12(11)17/h3-8H,2H2,1H3. The molecule has 21 heavy (non-hydrogen) atoms. The van der Waals surface area contributed by atoms with Crippen LogP contribution in [0.15, 0.2) is 40.9 Å². The van der Waals surface area contributed by atoms with Gasteiger partial charge in [0.25, 0.3) is 5.91 Å². The average Bonchev–Trinajstić information content (AvgIpc) is 2.46. The fourth-order valence-corrected chi connectivity index (χ4v) is 2.26. The van der Waals surface area contributed by atoms with Crippen molar-refractivity contribution in [2.45, 2.75) is 6.92 Å². The molecule has 0 aliphatic heterocycles. The molecule has 0 N–H and O–H groups in total. The number of carbonyl (C=O) groups excluding carboxylic acids is 1. The zero-order valence-electron chi connectivity index (χ0n) is 11.0. The van der Waals surface area contributed by atoms with Gasteiger partial charge in [-0.1, -0.05) is 15.9 Å². The molecule has 6 heteroatoms. The molecule has 2 rings (SSSR count). The normalized spacial score (nSPS) is 10.5. The van der Waals surface area contributed by atoms with Crippen LogP contribution in [0.2, 0.25) is 0 Å². The third kappa shape index (κ3) is 3.26. The Balaban J connectivity index is 2.43. The molecule has 2 aromatic rings. The average molecular weight is 358 g/mol. The second-order valence-corrected chi connectivity index (χ2v) is 5.19. The van der Waals surface area contributed by atoms with E-state index in [4.69, 9.17) is 0 Å². The van der Waals surface area contributed by atoms with E-state index in [-0.39, 0.29) is 17.8 Å². The smallest absolute Gasteiger partial charge is 0.261 e. The highest BCUT2D eigenvalue weighted by molar-refractivity contribution is 9.10. The highest BCUT2D eigenvalue weighted by Crippen LogP contribution is 2.23. The van der Waals surface area contributed by atoms with Crippen molar-refractivity contribution in [2.75, 3.05) is 11.4 Å². The number of benzene rings is 2. The third-order valence-electron chi connectivity index (χ3n) is 2.94. The van der Waals surface area contributed by atoms with Gasteiger partial charge in [0, 0.05) is 22.8 Å². The maximum absolute atomic E-state index is 13.8. The van der Waals surface area contributed by atoms with Crippen molar-refractivity contribution in [3.8, 4) is 0 Å². The third-order valence-corrected chi connectivity index (χ3v) is 3.43. The Bertz CT molecular complexity index is 691. The molecule has 0 heterocycles. The summed E-state index contributed by atoms with van der Waals surface area (Å²) < 4.78 is 40.6. The zero-order valence-corrected chi connectivity index (χ0v) is 12.6. The van der Waals surface area contributed by atoms with Crippen LogP contribution in [0.1, 0.15) is 17.3 Å². The lowest BCUT2D eigenvalue weighted by atomic mass is 10.1. The Hall–Kier alpha value is -1.82. The molecule has 0 aliphatic rings. The van der Waals surface area contributed by atoms with E-state index < -0.39 is 23.4 Å². The van der Waals surface area contributed by atoms with Gasteiger partial charge in [0.15, 0.2) is 11.6 Å². The van der Waals surface area contributed by atoms with E-state index in [1.54, 1.807) is 6.92 Å². The molecule has 0 aliphatic carbocycles. The summed E-state index contributed by atoms with van der Waals surface area (Å²) >= 11 is 3.17. The fraction of sp³-hybridized carbons (Fsp3) is 0.133. The Kier molecular flexibility index (Phi) is 4.67. The number of hydrogen-bond acceptors (Lipinski definition) is 1. The Labute approximate surface area is 128 Å². The zero-order chi connectivity index (χ0) is 15.6. The Morgan fingerprint density at radius 2 is 1.71 bits per heavy atom. The second-order valence-electron chi connectivity index (χ2n) is 4.27. The first-order valence-corrected chi connectivity index (χ1v) is 6.95. The van der Waals surface area contributed by atoms with Gasteiger partial charge in [0.2, 0.25) is 0 Å². The van der Waals surface area contributed by atoms with Crippen LogP contribution in [0.4, 0.5) is 18.9 Å². The van der Waals surface area contributed by atoms with Gasteiger partial charge in [-0.3, -0.25) is 4.79 Å². The van der Waals surface area contributed by atoms with E-state index in [0.29, 0.717) is 4.47 Å². The molecule has 0 unspecified atom stereocenters. The van der Waals surface area contributed by atoms with E-state index in [0.717, 1.165) is 18.2 Å². The molecular formula is C15H11BrF3NO. The Morgan fingerprint density at radius 1 is 1.05 bits per heavy atom. The molecule has 110 valence electrons. The summed E-state index contributed by atoms with van der Waals surface area (Å²) in [5.74, 6) is -3.36. The van der Waals surface area contributed by atoms with E-state index in [1.807, 2.05) is 0 Å². The lowest BCUT2D eigenvalue weighted by Crippen LogP contribution is -2.31. The lowest BCUT2D eigenvalue weighted by molar-refractivity contribution is 0.0984. The van der Waals surface area contributed by atoms with Crippen molar-refractivity contribution in [2.24, 2.45) is 0 Å². The monoisotopic (exact) mass is 357 g/mol. The van der Waals surface area contributed by atoms with Gasteiger partial charge in [0.1, 0.15) is 5.82 Å². The first kappa shape index (κ1) is 15.6. The molecule has 0 atom stereocenters. The SMILES string of the molecule is CCN(C(=O)c1cc(Br)ccc1F)c1ccc(F)c(F)c1. The van der Waals surface area contributed by atoms with Crippen LogP contribution in [0.25, 0.3) is 0 Å². The molecule has 0 bridgehead atoms. The van der Waals surface area contributed by atoms with Gasteiger partial charge in [-0.25, -0.2) is 13.2 Å². The van der Waals surface area contributed by atoms with Crippen LogP contribution in [0.3, 0.4) is 0 Å². The van der Waals surface area contributed by atoms with Crippen molar-refractivity contribution < 1.29 is 18.0 Å². The molecule has 0 aromatic heterocycles. The number of carbonyl (C=O) groups is 1. The molecule has 0 saturated heterocycles. The van der Waals surface area contributed by atoms with Crippen molar-refractivity contribution in [1.82, 2.24) is 0 Å². The summed E-state index contributed by atoms with van der Waals surface area (Å²) in [6.07, 6.45) is 0. The van der Waals surface area contributed by atoms with Crippen molar-refractivity contribution >= 4 is 27.5 Å². The molecule has 0 radical (unpaired) electrons. The van der Waals surface area contributed by atoms with Crippen LogP contribution < -0.4 is 4.90 Å². The number of nitrogens with zero attached hydrogens (tertiary/aromatic N) is 1. The Morgan fingerprint density at radius 3 is 2.33 bits per heavy atom. The summed E-state index contributed by atoms with van der Waals surface area (Å²) in [5.41, 5.74) is 0.0248. The highest BCUT2D eigenvalue weighted by Gasteiger charge is 2.20. The van der Waals surface area contributed by atoms with Gasteiger partial charge in [-0.2, -0.15) is 0 Å². The van der Waals surface area contributed by atoms with Gasteiger partial charge >= 0.3 is 0 Å². The predicted octanol–water partition coefficient (Wildman–Crippen LogP) is 4.53. The summed E-state index contributed by atoms with van der Waals surface area (Å²) in [7, 11) is 0. The lowest BCUT2D eigenvalue weighted by Gasteiger charge is -2.21. The molecule has 1 amide bonds. The molecular weight excluding hydrogens is 347 g/mol. The van der Waals surface area contributed by atoms with Crippen LogP contribution >= 0.6 is 15.9 Å². The van der Waals surface area contributed by atoms with E-state index in [2.05, 4.69) is 15.9 Å². The van der Waals surface area contributed by atoms with Crippen molar-refractivity contribution in [3.63, 3.8) is 0 Å². The summed E-state index contributed by atoms with van der Waals surface area (Å²) in [6, 6.07) is 7.09. The maximum Gasteiger partial charge on any atom is 0.261 e. The van der Waals surface area contributed by atoms with E-state index in [9.17, 15) is 18.0 Å². The number of rotatable bonds is 3. The van der Waals surface area contributed by atoms with Gasteiger partial charge in [-0.05, 0) is 37.3 Å². The topological polar surface area (TPSA) is 20.3 Å². The van der Waals surface area contributed by atoms with Crippen LogP contribution in [-0.4, -0.2) is 12.5 Å². The number of halogens is 4. The summed E-state index contributed by atoms with van der Waals surface area (Å²) in [4.78, 5) is 13.6. The predicted molar refractivity (Wildman–Crippen MR) is 77.8 cm³/mol. The molecule has 2 aromatic carbocycles. The summed E-state index contributed by atoms with van der Waals surface area (Å²) in [5, 5.41) is 0. The van der Waals surface area contributed by atoms with Gasteiger partial charge in [0.05, 0.1) is 5.56 Å². The van der Waals surface area contributed by atoms with E-state index >= 15 is 0 Å². The largest absolute Gasteiger partial charge is 0.308 e. The number of anilines is 1. The van der Waals surface area contributed by atoms with Crippen LogP contribution in [0, 0.1) is 17.5 Å². The number of amides is 1. The minimum absolute atomic E-state index is 0.143. The number of hydrogen-bond donors (Lipinski definition) is 0. The highest BCUT2D eigenvalue weighted by atomic mass is 79.9. The molecule has 0 fully saturated rings. The van der Waals surface area contributed by atoms with Crippen molar-refractivity contribution in [3.05, 3.63) is 63.9 Å². The fourth-order valence-electron chi connectivity index (χ4n) is 1.90. The first-order chi connectivity index (χ1) is 9.93. The molecule has 0 saturated carbocycles. The first-order valence-electron chi connectivity index (χ1n) is 6.16. The molecule has 0 spiro atoms. The maximum atomic E-state index is 13.8. The summed E-state index contributed by atoms with van der Waals surface area (Å²) in [6.45, 7) is 1.85. The minimum Gasteiger partial charge on any atom is -0.308 e. The molecule has 2 nitrogen and oxygen atoms in total. The van der Waals surface area contributed by atoms with Crippen LogP contribution in [-0.2, 0) is 0 Å². The minimum atomic E-state index is -1.06.